The van der Waals surface area contributed by atoms with E-state index < -0.39 is 0 Å². The van der Waals surface area contributed by atoms with Crippen LogP contribution in [0.3, 0.4) is 0 Å². The van der Waals surface area contributed by atoms with E-state index in [1.165, 1.54) is 0 Å². The van der Waals surface area contributed by atoms with Crippen molar-refractivity contribution >= 4 is 23.4 Å². The maximum atomic E-state index is 12.5. The van der Waals surface area contributed by atoms with Crippen LogP contribution in [-0.2, 0) is 0 Å². The lowest BCUT2D eigenvalue weighted by atomic mass is 10.2. The topological polar surface area (TPSA) is 126 Å². The Morgan fingerprint density at radius 1 is 1.07 bits per heavy atom. The lowest BCUT2D eigenvalue weighted by molar-refractivity contribution is 0.102. The Labute approximate surface area is 156 Å². The van der Waals surface area contributed by atoms with E-state index in [0.29, 0.717) is 41.7 Å². The quantitative estimate of drug-likeness (QED) is 0.374. The number of benzene rings is 1. The van der Waals surface area contributed by atoms with Gasteiger partial charge in [0.1, 0.15) is 5.82 Å². The molecular formula is C19H20N6O2. The minimum atomic E-state index is -0.296. The predicted octanol–water partition coefficient (Wildman–Crippen LogP) is 2.17. The first-order valence-electron chi connectivity index (χ1n) is 8.47. The van der Waals surface area contributed by atoms with Crippen LogP contribution in [0, 0.1) is 0 Å². The third-order valence-electron chi connectivity index (χ3n) is 3.73. The van der Waals surface area contributed by atoms with E-state index in [9.17, 15) is 4.79 Å². The molecule has 0 spiro atoms. The number of nitrogens with one attached hydrogen (secondary N) is 2. The van der Waals surface area contributed by atoms with E-state index in [1.54, 1.807) is 42.7 Å². The molecular weight excluding hydrogens is 344 g/mol. The van der Waals surface area contributed by atoms with Crippen molar-refractivity contribution < 1.29 is 9.90 Å². The molecule has 0 fully saturated rings. The fourth-order valence-corrected chi connectivity index (χ4v) is 2.36. The summed E-state index contributed by atoms with van der Waals surface area (Å²) in [4.78, 5) is 25.3. The molecule has 0 saturated heterocycles. The summed E-state index contributed by atoms with van der Waals surface area (Å²) in [5.74, 6) is 0.436. The maximum Gasteiger partial charge on any atom is 0.256 e. The Hall–Kier alpha value is -3.52. The van der Waals surface area contributed by atoms with Crippen molar-refractivity contribution in [2.45, 2.75) is 6.42 Å². The van der Waals surface area contributed by atoms with Crippen molar-refractivity contribution in [2.75, 3.05) is 29.5 Å². The van der Waals surface area contributed by atoms with Crippen LogP contribution in [0.25, 0.3) is 11.3 Å². The number of carbonyl (C=O) groups excluding carboxylic acids is 1. The molecule has 2 heterocycles. The van der Waals surface area contributed by atoms with Crippen LogP contribution in [0.1, 0.15) is 16.8 Å². The van der Waals surface area contributed by atoms with Gasteiger partial charge in [-0.05, 0) is 42.8 Å². The highest BCUT2D eigenvalue weighted by molar-refractivity contribution is 6.04. The van der Waals surface area contributed by atoms with E-state index in [4.69, 9.17) is 10.8 Å². The molecule has 1 aromatic carbocycles. The zero-order valence-electron chi connectivity index (χ0n) is 14.6. The van der Waals surface area contributed by atoms with Gasteiger partial charge in [-0.3, -0.25) is 9.78 Å². The summed E-state index contributed by atoms with van der Waals surface area (Å²) in [5.41, 5.74) is 8.21. The average Bonchev–Trinajstić information content (AvgIpc) is 2.69. The first-order chi connectivity index (χ1) is 13.2. The van der Waals surface area contributed by atoms with Crippen LogP contribution in [0.2, 0.25) is 0 Å². The smallest absolute Gasteiger partial charge is 0.256 e. The van der Waals surface area contributed by atoms with E-state index in [2.05, 4.69) is 25.6 Å². The van der Waals surface area contributed by atoms with Gasteiger partial charge >= 0.3 is 0 Å². The number of hydrogen-bond acceptors (Lipinski definition) is 7. The third-order valence-corrected chi connectivity index (χ3v) is 3.73. The van der Waals surface area contributed by atoms with Gasteiger partial charge in [0.05, 0.1) is 5.69 Å². The van der Waals surface area contributed by atoms with Gasteiger partial charge in [0.25, 0.3) is 5.91 Å². The molecule has 0 bridgehead atoms. The molecule has 27 heavy (non-hydrogen) atoms. The lowest BCUT2D eigenvalue weighted by Crippen LogP contribution is -2.15. The van der Waals surface area contributed by atoms with Gasteiger partial charge in [0, 0.05) is 48.4 Å². The molecule has 3 rings (SSSR count). The lowest BCUT2D eigenvalue weighted by Gasteiger charge is -2.11. The van der Waals surface area contributed by atoms with Crippen molar-refractivity contribution in [3.8, 4) is 11.3 Å². The van der Waals surface area contributed by atoms with Crippen molar-refractivity contribution in [1.29, 1.82) is 0 Å². The highest BCUT2D eigenvalue weighted by Gasteiger charge is 2.11. The molecule has 0 aliphatic heterocycles. The number of aliphatic hydroxyl groups is 1. The third kappa shape index (κ3) is 4.99. The molecule has 138 valence electrons. The van der Waals surface area contributed by atoms with Gasteiger partial charge in [-0.25, -0.2) is 4.98 Å². The minimum absolute atomic E-state index is 0.0672. The number of nitrogens with two attached hydrogens (primary N) is 1. The number of carbonyl (C=O) groups is 1. The molecule has 8 heteroatoms. The van der Waals surface area contributed by atoms with Crippen LogP contribution >= 0.6 is 0 Å². The van der Waals surface area contributed by atoms with Gasteiger partial charge in [0.15, 0.2) is 0 Å². The van der Waals surface area contributed by atoms with E-state index in [0.717, 1.165) is 5.56 Å². The summed E-state index contributed by atoms with van der Waals surface area (Å²) in [5, 5.41) is 14.8. The fraction of sp³-hybridized carbons (Fsp3) is 0.158. The van der Waals surface area contributed by atoms with Gasteiger partial charge in [-0.2, -0.15) is 4.98 Å². The first kappa shape index (κ1) is 18.3. The monoisotopic (exact) mass is 364 g/mol. The number of nitrogen functional groups attached to an aromatic ring is 1. The largest absolute Gasteiger partial charge is 0.399 e. The first-order valence-corrected chi connectivity index (χ1v) is 8.47. The SMILES string of the molecule is Nc1ccc(C(=O)Nc2cc(-c3ccncc3)nc(NCCCO)n2)cc1. The van der Waals surface area contributed by atoms with Gasteiger partial charge < -0.3 is 21.5 Å². The zero-order chi connectivity index (χ0) is 19.1. The fourth-order valence-electron chi connectivity index (χ4n) is 2.36. The van der Waals surface area contributed by atoms with Crippen LogP contribution in [0.5, 0.6) is 0 Å². The Bertz CT molecular complexity index is 900. The minimum Gasteiger partial charge on any atom is -0.399 e. The highest BCUT2D eigenvalue weighted by atomic mass is 16.3. The number of amides is 1. The molecule has 0 aliphatic rings. The van der Waals surface area contributed by atoms with Gasteiger partial charge in [-0.1, -0.05) is 0 Å². The molecule has 8 nitrogen and oxygen atoms in total. The highest BCUT2D eigenvalue weighted by Crippen LogP contribution is 2.21. The number of aromatic nitrogens is 3. The number of nitrogens with zero attached hydrogens (tertiary/aromatic N) is 3. The molecule has 0 aliphatic carbocycles. The van der Waals surface area contributed by atoms with E-state index >= 15 is 0 Å². The molecule has 0 atom stereocenters. The second kappa shape index (κ2) is 8.72. The summed E-state index contributed by atoms with van der Waals surface area (Å²) >= 11 is 0. The van der Waals surface area contributed by atoms with Gasteiger partial charge in [0.2, 0.25) is 5.95 Å². The van der Waals surface area contributed by atoms with Crippen molar-refractivity contribution in [1.82, 2.24) is 15.0 Å². The number of pyridine rings is 1. The predicted molar refractivity (Wildman–Crippen MR) is 104 cm³/mol. The van der Waals surface area contributed by atoms with Crippen LogP contribution in [0.15, 0.2) is 54.9 Å². The normalized spacial score (nSPS) is 10.4. The van der Waals surface area contributed by atoms with E-state index in [1.807, 2.05) is 12.1 Å². The molecule has 1 amide bonds. The average molecular weight is 364 g/mol. The number of anilines is 3. The van der Waals surface area contributed by atoms with E-state index in [-0.39, 0.29) is 12.5 Å². The second-order valence-electron chi connectivity index (χ2n) is 5.78. The standard InChI is InChI=1S/C19H20N6O2/c20-15-4-2-14(3-5-15)18(27)24-17-12-16(13-6-9-21-10-7-13)23-19(25-17)22-8-1-11-26/h2-7,9-10,12,26H,1,8,11,20H2,(H2,22,23,24,25,27). The van der Waals surface area contributed by atoms with Crippen molar-refractivity contribution in [2.24, 2.45) is 0 Å². The molecule has 3 aromatic rings. The Morgan fingerprint density at radius 3 is 2.52 bits per heavy atom. The Kier molecular flexibility index (Phi) is 5.91. The summed E-state index contributed by atoms with van der Waals surface area (Å²) < 4.78 is 0. The van der Waals surface area contributed by atoms with Crippen molar-refractivity contribution in [3.63, 3.8) is 0 Å². The molecule has 5 N–H and O–H groups in total. The summed E-state index contributed by atoms with van der Waals surface area (Å²) in [6, 6.07) is 12.0. The summed E-state index contributed by atoms with van der Waals surface area (Å²) in [6.45, 7) is 0.583. The van der Waals surface area contributed by atoms with Crippen LogP contribution < -0.4 is 16.4 Å². The summed E-state index contributed by atoms with van der Waals surface area (Å²) in [7, 11) is 0. The second-order valence-corrected chi connectivity index (χ2v) is 5.78. The Balaban J connectivity index is 1.87. The zero-order valence-corrected chi connectivity index (χ0v) is 14.6. The molecule has 0 saturated carbocycles. The number of rotatable bonds is 7. The summed E-state index contributed by atoms with van der Waals surface area (Å²) in [6.07, 6.45) is 3.90. The molecule has 2 aromatic heterocycles. The van der Waals surface area contributed by atoms with Crippen LogP contribution in [0.4, 0.5) is 17.5 Å². The van der Waals surface area contributed by atoms with Crippen molar-refractivity contribution in [3.05, 3.63) is 60.4 Å². The molecule has 0 radical (unpaired) electrons. The van der Waals surface area contributed by atoms with Crippen LogP contribution in [-0.4, -0.2) is 39.1 Å². The number of hydrogen-bond donors (Lipinski definition) is 4. The Morgan fingerprint density at radius 2 is 1.81 bits per heavy atom. The molecule has 0 unspecified atom stereocenters. The maximum absolute atomic E-state index is 12.5. The number of aliphatic hydroxyl groups excluding tert-OH is 1. The van der Waals surface area contributed by atoms with Gasteiger partial charge in [-0.15, -0.1) is 0 Å².